The van der Waals surface area contributed by atoms with E-state index in [0.29, 0.717) is 0 Å². The van der Waals surface area contributed by atoms with Crippen LogP contribution in [0, 0.1) is 5.82 Å². The van der Waals surface area contributed by atoms with E-state index in [0.717, 1.165) is 12.1 Å². The second-order valence-electron chi connectivity index (χ2n) is 3.45. The molecule has 0 amide bonds. The van der Waals surface area contributed by atoms with Crippen LogP contribution in [0.4, 0.5) is 4.39 Å². The zero-order valence-electron chi connectivity index (χ0n) is 9.14. The van der Waals surface area contributed by atoms with Crippen LogP contribution in [0.2, 0.25) is 0 Å². The maximum Gasteiger partial charge on any atom is 0.238 e. The Morgan fingerprint density at radius 1 is 1.47 bits per heavy atom. The van der Waals surface area contributed by atoms with E-state index in [4.69, 9.17) is 5.14 Å². The summed E-state index contributed by atoms with van der Waals surface area (Å²) in [4.78, 5) is 10.9. The monoisotopic (exact) mass is 261 g/mol. The number of carbonyl (C=O) groups is 1. The predicted molar refractivity (Wildman–Crippen MR) is 58.4 cm³/mol. The van der Waals surface area contributed by atoms with Gasteiger partial charge in [0.1, 0.15) is 12.4 Å². The highest BCUT2D eigenvalue weighted by atomic mass is 32.2. The Bertz CT molecular complexity index is 527. The van der Waals surface area contributed by atoms with E-state index < -0.39 is 15.8 Å². The summed E-state index contributed by atoms with van der Waals surface area (Å²) in [6, 6.07) is 3.18. The Labute approximate surface area is 98.4 Å². The first kappa shape index (κ1) is 13.8. The van der Waals surface area contributed by atoms with Crippen molar-refractivity contribution in [2.75, 3.05) is 13.7 Å². The third-order valence-electron chi connectivity index (χ3n) is 2.05. The van der Waals surface area contributed by atoms with Gasteiger partial charge < -0.3 is 4.74 Å². The zero-order chi connectivity index (χ0) is 13.1. The second kappa shape index (κ2) is 5.35. The van der Waals surface area contributed by atoms with Gasteiger partial charge in [0.05, 0.1) is 4.90 Å². The molecule has 0 aliphatic carbocycles. The number of ketones is 1. The molecular formula is C10H12FNO4S. The molecule has 0 saturated heterocycles. The summed E-state index contributed by atoms with van der Waals surface area (Å²) in [5, 5.41) is 4.84. The number of hydrogen-bond donors (Lipinski definition) is 1. The number of sulfonamides is 1. The third kappa shape index (κ3) is 3.88. The van der Waals surface area contributed by atoms with Gasteiger partial charge in [-0.15, -0.1) is 0 Å². The molecule has 5 nitrogen and oxygen atoms in total. The number of ether oxygens (including phenoxy) is 1. The molecule has 7 heteroatoms. The topological polar surface area (TPSA) is 86.5 Å². The fraction of sp³-hybridized carbons (Fsp3) is 0.300. The average Bonchev–Trinajstić information content (AvgIpc) is 2.20. The lowest BCUT2D eigenvalue weighted by atomic mass is 10.1. The van der Waals surface area contributed by atoms with E-state index in [1.165, 1.54) is 13.2 Å². The molecule has 94 valence electrons. The number of hydrogen-bond acceptors (Lipinski definition) is 4. The van der Waals surface area contributed by atoms with Gasteiger partial charge in [-0.05, 0) is 17.7 Å². The lowest BCUT2D eigenvalue weighted by Gasteiger charge is -2.04. The van der Waals surface area contributed by atoms with Crippen LogP contribution in [0.15, 0.2) is 23.1 Å². The van der Waals surface area contributed by atoms with E-state index in [9.17, 15) is 17.6 Å². The first-order chi connectivity index (χ1) is 7.84. The number of Topliss-reactive ketones (excluding diaryl/α,β-unsaturated/α-hetero) is 1. The number of nitrogens with two attached hydrogens (primary N) is 1. The molecule has 1 aromatic carbocycles. The SMILES string of the molecule is COCC(=O)Cc1ccc(S(N)(=O)=O)cc1F. The van der Waals surface area contributed by atoms with Crippen LogP contribution in [-0.2, 0) is 26.0 Å². The molecule has 0 atom stereocenters. The van der Waals surface area contributed by atoms with Gasteiger partial charge >= 0.3 is 0 Å². The highest BCUT2D eigenvalue weighted by Crippen LogP contribution is 2.14. The molecule has 0 radical (unpaired) electrons. The Balaban J connectivity index is 2.95. The summed E-state index contributed by atoms with van der Waals surface area (Å²) < 4.78 is 40.0. The molecule has 0 spiro atoms. The van der Waals surface area contributed by atoms with E-state index in [-0.39, 0.29) is 29.3 Å². The summed E-state index contributed by atoms with van der Waals surface area (Å²) in [6.45, 7) is -0.115. The van der Waals surface area contributed by atoms with E-state index in [1.807, 2.05) is 0 Å². The number of primary sulfonamides is 1. The van der Waals surface area contributed by atoms with Crippen LogP contribution in [-0.4, -0.2) is 27.9 Å². The highest BCUT2D eigenvalue weighted by molar-refractivity contribution is 7.89. The molecule has 2 N–H and O–H groups in total. The van der Waals surface area contributed by atoms with Crippen molar-refractivity contribution in [3.05, 3.63) is 29.6 Å². The number of benzene rings is 1. The molecule has 0 aromatic heterocycles. The summed E-state index contributed by atoms with van der Waals surface area (Å²) in [7, 11) is -2.57. The van der Waals surface area contributed by atoms with E-state index in [1.54, 1.807) is 0 Å². The van der Waals surface area contributed by atoms with Crippen molar-refractivity contribution in [3.8, 4) is 0 Å². The average molecular weight is 261 g/mol. The Morgan fingerprint density at radius 3 is 2.59 bits per heavy atom. The standard InChI is InChI=1S/C10H12FNO4S/c1-16-6-8(13)4-7-2-3-9(5-10(7)11)17(12,14)15/h2-3,5H,4,6H2,1H3,(H2,12,14,15). The molecule has 0 heterocycles. The minimum absolute atomic E-state index is 0.111. The summed E-state index contributed by atoms with van der Waals surface area (Å²) in [5.41, 5.74) is 0.111. The van der Waals surface area contributed by atoms with Gasteiger partial charge in [-0.2, -0.15) is 0 Å². The summed E-state index contributed by atoms with van der Waals surface area (Å²) in [6.07, 6.45) is -0.148. The first-order valence-electron chi connectivity index (χ1n) is 4.66. The molecule has 0 aliphatic heterocycles. The molecule has 1 rings (SSSR count). The summed E-state index contributed by atoms with van der Waals surface area (Å²) >= 11 is 0. The number of methoxy groups -OCH3 is 1. The van der Waals surface area contributed by atoms with Crippen LogP contribution in [0.3, 0.4) is 0 Å². The fourth-order valence-corrected chi connectivity index (χ4v) is 1.80. The first-order valence-corrected chi connectivity index (χ1v) is 6.21. The Morgan fingerprint density at radius 2 is 2.12 bits per heavy atom. The van der Waals surface area contributed by atoms with Crippen LogP contribution in [0.25, 0.3) is 0 Å². The molecule has 1 aromatic rings. The number of carbonyl (C=O) groups excluding carboxylic acids is 1. The second-order valence-corrected chi connectivity index (χ2v) is 5.01. The minimum Gasteiger partial charge on any atom is -0.377 e. The van der Waals surface area contributed by atoms with Gasteiger partial charge in [0.15, 0.2) is 5.78 Å². The van der Waals surface area contributed by atoms with E-state index >= 15 is 0 Å². The van der Waals surface area contributed by atoms with Crippen molar-refractivity contribution in [3.63, 3.8) is 0 Å². The maximum absolute atomic E-state index is 13.5. The predicted octanol–water partition coefficient (Wildman–Crippen LogP) is 0.231. The molecule has 0 fully saturated rings. The van der Waals surface area contributed by atoms with Gasteiger partial charge in [-0.1, -0.05) is 6.07 Å². The minimum atomic E-state index is -3.93. The van der Waals surface area contributed by atoms with Gasteiger partial charge in [0.2, 0.25) is 10.0 Å². The molecule has 0 bridgehead atoms. The molecule has 0 aliphatic rings. The fourth-order valence-electron chi connectivity index (χ4n) is 1.27. The van der Waals surface area contributed by atoms with Crippen LogP contribution in [0.5, 0.6) is 0 Å². The van der Waals surface area contributed by atoms with Gasteiger partial charge in [0, 0.05) is 13.5 Å². The zero-order valence-corrected chi connectivity index (χ0v) is 9.96. The smallest absolute Gasteiger partial charge is 0.238 e. The molecule has 0 unspecified atom stereocenters. The lowest BCUT2D eigenvalue weighted by Crippen LogP contribution is -2.14. The molecule has 17 heavy (non-hydrogen) atoms. The Hall–Kier alpha value is -1.31. The van der Waals surface area contributed by atoms with E-state index in [2.05, 4.69) is 4.74 Å². The highest BCUT2D eigenvalue weighted by Gasteiger charge is 2.13. The van der Waals surface area contributed by atoms with Crippen molar-refractivity contribution in [1.29, 1.82) is 0 Å². The van der Waals surface area contributed by atoms with Gasteiger partial charge in [0.25, 0.3) is 0 Å². The van der Waals surface area contributed by atoms with Gasteiger partial charge in [-0.25, -0.2) is 17.9 Å². The largest absolute Gasteiger partial charge is 0.377 e. The third-order valence-corrected chi connectivity index (χ3v) is 2.96. The van der Waals surface area contributed by atoms with Crippen LogP contribution in [0.1, 0.15) is 5.56 Å². The normalized spacial score (nSPS) is 11.5. The Kier molecular flexibility index (Phi) is 4.33. The van der Waals surface area contributed by atoms with Crippen LogP contribution < -0.4 is 5.14 Å². The van der Waals surface area contributed by atoms with Crippen molar-refractivity contribution >= 4 is 15.8 Å². The lowest BCUT2D eigenvalue weighted by molar-refractivity contribution is -0.122. The van der Waals surface area contributed by atoms with Crippen molar-refractivity contribution in [2.45, 2.75) is 11.3 Å². The molecular weight excluding hydrogens is 249 g/mol. The molecule has 0 saturated carbocycles. The maximum atomic E-state index is 13.5. The van der Waals surface area contributed by atoms with Gasteiger partial charge in [-0.3, -0.25) is 4.79 Å². The van der Waals surface area contributed by atoms with Crippen molar-refractivity contribution in [1.82, 2.24) is 0 Å². The quantitative estimate of drug-likeness (QED) is 0.822. The van der Waals surface area contributed by atoms with Crippen LogP contribution >= 0.6 is 0 Å². The van der Waals surface area contributed by atoms with Crippen molar-refractivity contribution in [2.24, 2.45) is 5.14 Å². The summed E-state index contributed by atoms with van der Waals surface area (Å²) in [5.74, 6) is -1.07. The number of rotatable bonds is 5. The van der Waals surface area contributed by atoms with Crippen molar-refractivity contribution < 1.29 is 22.3 Å². The number of halogens is 1.